The van der Waals surface area contributed by atoms with E-state index < -0.39 is 11.8 Å². The molecule has 0 spiro atoms. The predicted octanol–water partition coefficient (Wildman–Crippen LogP) is 0.368. The van der Waals surface area contributed by atoms with E-state index in [4.69, 9.17) is 4.74 Å². The van der Waals surface area contributed by atoms with Crippen molar-refractivity contribution in [2.24, 2.45) is 0 Å². The lowest BCUT2D eigenvalue weighted by molar-refractivity contribution is -0.121. The van der Waals surface area contributed by atoms with E-state index in [2.05, 4.69) is 10.4 Å². The van der Waals surface area contributed by atoms with Crippen molar-refractivity contribution in [3.05, 3.63) is 52.8 Å². The van der Waals surface area contributed by atoms with Gasteiger partial charge in [0.2, 0.25) is 5.91 Å². The number of carbonyl (C=O) groups excluding carboxylic acids is 3. The Hall–Kier alpha value is -3.00. The minimum atomic E-state index is -0.429. The summed E-state index contributed by atoms with van der Waals surface area (Å²) in [6.45, 7) is 1.86. The Bertz CT molecular complexity index is 854. The van der Waals surface area contributed by atoms with Crippen LogP contribution in [0.3, 0.4) is 0 Å². The highest BCUT2D eigenvalue weighted by Gasteiger charge is 2.36. The van der Waals surface area contributed by atoms with E-state index in [-0.39, 0.29) is 12.5 Å². The van der Waals surface area contributed by atoms with Crippen LogP contribution in [0.5, 0.6) is 0 Å². The molecule has 2 aromatic rings. The van der Waals surface area contributed by atoms with E-state index in [1.165, 1.54) is 0 Å². The maximum atomic E-state index is 12.3. The molecular weight excluding hydrogens is 336 g/mol. The normalized spacial score (nSPS) is 15.8. The van der Waals surface area contributed by atoms with E-state index >= 15 is 0 Å². The zero-order chi connectivity index (χ0) is 18.1. The van der Waals surface area contributed by atoms with Crippen molar-refractivity contribution in [3.63, 3.8) is 0 Å². The lowest BCUT2D eigenvalue weighted by atomic mass is 10.1. The summed E-state index contributed by atoms with van der Waals surface area (Å²) in [6, 6.07) is 6.59. The second kappa shape index (κ2) is 6.72. The summed E-state index contributed by atoms with van der Waals surface area (Å²) in [5, 5.41) is 7.06. The molecule has 1 N–H and O–H groups in total. The molecule has 2 aliphatic rings. The molecule has 3 amide bonds. The highest BCUT2D eigenvalue weighted by Crippen LogP contribution is 2.21. The van der Waals surface area contributed by atoms with E-state index in [9.17, 15) is 14.4 Å². The van der Waals surface area contributed by atoms with Crippen molar-refractivity contribution >= 4 is 17.7 Å². The molecule has 1 aromatic carbocycles. The SMILES string of the molecule is O=C(CN1C(=O)c2ccccc2C1=O)NCCn1ncc2c1CCOC2. The summed E-state index contributed by atoms with van der Waals surface area (Å²) in [5.41, 5.74) is 2.89. The third-order valence-electron chi connectivity index (χ3n) is 4.60. The van der Waals surface area contributed by atoms with Crippen LogP contribution in [0, 0.1) is 0 Å². The fourth-order valence-corrected chi connectivity index (χ4v) is 3.29. The molecule has 8 nitrogen and oxygen atoms in total. The first-order valence-corrected chi connectivity index (χ1v) is 8.48. The average Bonchev–Trinajstić information content (AvgIpc) is 3.17. The average molecular weight is 354 g/mol. The van der Waals surface area contributed by atoms with Crippen LogP contribution in [0.4, 0.5) is 0 Å². The zero-order valence-electron chi connectivity index (χ0n) is 14.1. The maximum absolute atomic E-state index is 12.3. The summed E-state index contributed by atoms with van der Waals surface area (Å²) in [4.78, 5) is 37.7. The standard InChI is InChI=1S/C18H18N4O4/c23-16(10-21-17(24)13-3-1-2-4-14(13)18(21)25)19-6-7-22-15-5-8-26-11-12(15)9-20-22/h1-4,9H,5-8,10-11H2,(H,19,23). The summed E-state index contributed by atoms with van der Waals surface area (Å²) < 4.78 is 7.24. The van der Waals surface area contributed by atoms with Gasteiger partial charge in [-0.25, -0.2) is 0 Å². The van der Waals surface area contributed by atoms with Gasteiger partial charge in [0, 0.05) is 24.2 Å². The van der Waals surface area contributed by atoms with Gasteiger partial charge in [-0.1, -0.05) is 12.1 Å². The molecule has 0 radical (unpaired) electrons. The number of benzene rings is 1. The molecule has 0 aliphatic carbocycles. The number of ether oxygens (including phenoxy) is 1. The third kappa shape index (κ3) is 2.88. The van der Waals surface area contributed by atoms with Crippen molar-refractivity contribution < 1.29 is 19.1 Å². The fraction of sp³-hybridized carbons (Fsp3) is 0.333. The van der Waals surface area contributed by atoms with Crippen LogP contribution >= 0.6 is 0 Å². The predicted molar refractivity (Wildman–Crippen MR) is 90.4 cm³/mol. The molecule has 0 fully saturated rings. The van der Waals surface area contributed by atoms with Crippen LogP contribution in [0.2, 0.25) is 0 Å². The number of fused-ring (bicyclic) bond motifs is 2. The van der Waals surface area contributed by atoms with Crippen LogP contribution in [0.1, 0.15) is 32.0 Å². The van der Waals surface area contributed by atoms with E-state index in [0.29, 0.717) is 37.4 Å². The molecule has 0 atom stereocenters. The van der Waals surface area contributed by atoms with Gasteiger partial charge in [0.1, 0.15) is 6.54 Å². The Morgan fingerprint density at radius 1 is 1.19 bits per heavy atom. The van der Waals surface area contributed by atoms with Gasteiger partial charge in [-0.2, -0.15) is 5.10 Å². The van der Waals surface area contributed by atoms with E-state index in [1.807, 2.05) is 4.68 Å². The zero-order valence-corrected chi connectivity index (χ0v) is 14.1. The first-order valence-electron chi connectivity index (χ1n) is 8.48. The van der Waals surface area contributed by atoms with Crippen molar-refractivity contribution in [2.75, 3.05) is 19.7 Å². The Balaban J connectivity index is 1.32. The van der Waals surface area contributed by atoms with Crippen LogP contribution in [-0.2, 0) is 29.1 Å². The second-order valence-electron chi connectivity index (χ2n) is 6.23. The quantitative estimate of drug-likeness (QED) is 0.783. The molecule has 3 heterocycles. The third-order valence-corrected chi connectivity index (χ3v) is 4.60. The number of aromatic nitrogens is 2. The number of hydrogen-bond donors (Lipinski definition) is 1. The Kier molecular flexibility index (Phi) is 4.26. The van der Waals surface area contributed by atoms with Gasteiger partial charge in [0.25, 0.3) is 11.8 Å². The van der Waals surface area contributed by atoms with Gasteiger partial charge in [0.15, 0.2) is 0 Å². The van der Waals surface area contributed by atoms with Gasteiger partial charge in [-0.3, -0.25) is 24.0 Å². The van der Waals surface area contributed by atoms with Gasteiger partial charge < -0.3 is 10.1 Å². The fourth-order valence-electron chi connectivity index (χ4n) is 3.29. The topological polar surface area (TPSA) is 93.5 Å². The van der Waals surface area contributed by atoms with Crippen LogP contribution < -0.4 is 5.32 Å². The molecule has 1 aromatic heterocycles. The lowest BCUT2D eigenvalue weighted by Gasteiger charge is -2.16. The molecule has 0 saturated heterocycles. The number of nitrogens with one attached hydrogen (secondary N) is 1. The first kappa shape index (κ1) is 16.5. The second-order valence-corrected chi connectivity index (χ2v) is 6.23. The van der Waals surface area contributed by atoms with Crippen molar-refractivity contribution in [2.45, 2.75) is 19.6 Å². The number of rotatable bonds is 5. The molecule has 2 aliphatic heterocycles. The summed E-state index contributed by atoms with van der Waals surface area (Å²) in [6.07, 6.45) is 2.59. The maximum Gasteiger partial charge on any atom is 0.262 e. The molecular formula is C18H18N4O4. The molecule has 4 rings (SSSR count). The van der Waals surface area contributed by atoms with E-state index in [1.54, 1.807) is 30.5 Å². The van der Waals surface area contributed by atoms with E-state index in [0.717, 1.165) is 22.6 Å². The van der Waals surface area contributed by atoms with Crippen LogP contribution in [0.15, 0.2) is 30.5 Å². The number of nitrogens with zero attached hydrogens (tertiary/aromatic N) is 3. The highest BCUT2D eigenvalue weighted by molar-refractivity contribution is 6.22. The number of hydrogen-bond acceptors (Lipinski definition) is 5. The molecule has 26 heavy (non-hydrogen) atoms. The highest BCUT2D eigenvalue weighted by atomic mass is 16.5. The lowest BCUT2D eigenvalue weighted by Crippen LogP contribution is -2.41. The van der Waals surface area contributed by atoms with Crippen molar-refractivity contribution in [1.82, 2.24) is 20.0 Å². The Labute approximate surface area is 149 Å². The molecule has 0 saturated carbocycles. The first-order chi connectivity index (χ1) is 12.6. The summed E-state index contributed by atoms with van der Waals surface area (Å²) in [5.74, 6) is -1.23. The minimum absolute atomic E-state index is 0.280. The summed E-state index contributed by atoms with van der Waals surface area (Å²) >= 11 is 0. The molecule has 8 heteroatoms. The van der Waals surface area contributed by atoms with Gasteiger partial charge in [-0.15, -0.1) is 0 Å². The number of amides is 3. The Morgan fingerprint density at radius 2 is 1.92 bits per heavy atom. The molecule has 0 unspecified atom stereocenters. The molecule has 0 bridgehead atoms. The largest absolute Gasteiger partial charge is 0.376 e. The van der Waals surface area contributed by atoms with Crippen molar-refractivity contribution in [1.29, 1.82) is 0 Å². The smallest absolute Gasteiger partial charge is 0.262 e. The van der Waals surface area contributed by atoms with Crippen molar-refractivity contribution in [3.8, 4) is 0 Å². The number of carbonyl (C=O) groups is 3. The summed E-state index contributed by atoms with van der Waals surface area (Å²) in [7, 11) is 0. The molecule has 134 valence electrons. The Morgan fingerprint density at radius 3 is 2.65 bits per heavy atom. The van der Waals surface area contributed by atoms with Gasteiger partial charge >= 0.3 is 0 Å². The monoisotopic (exact) mass is 354 g/mol. The minimum Gasteiger partial charge on any atom is -0.376 e. The van der Waals surface area contributed by atoms with Crippen LogP contribution in [-0.4, -0.2) is 52.1 Å². The number of imide groups is 1. The van der Waals surface area contributed by atoms with Gasteiger partial charge in [0.05, 0.1) is 37.1 Å². The van der Waals surface area contributed by atoms with Gasteiger partial charge in [-0.05, 0) is 12.1 Å². The van der Waals surface area contributed by atoms with Crippen LogP contribution in [0.25, 0.3) is 0 Å².